The van der Waals surface area contributed by atoms with Crippen LogP contribution in [0.15, 0.2) is 88.8 Å². The summed E-state index contributed by atoms with van der Waals surface area (Å²) in [5, 5.41) is 4.72. The van der Waals surface area contributed by atoms with Gasteiger partial charge in [-0.2, -0.15) is 0 Å². The number of thioether (sulfide) groups is 1. The Hall–Kier alpha value is -3.05. The van der Waals surface area contributed by atoms with Crippen LogP contribution in [0, 0.1) is 5.92 Å². The highest BCUT2D eigenvalue weighted by Gasteiger charge is 2.25. The maximum atomic E-state index is 5.97. The van der Waals surface area contributed by atoms with E-state index in [1.165, 1.54) is 5.56 Å². The topological polar surface area (TPSA) is 46.0 Å². The number of rotatable bonds is 6. The maximum absolute atomic E-state index is 5.97. The molecule has 0 radical (unpaired) electrons. The Labute approximate surface area is 193 Å². The van der Waals surface area contributed by atoms with Crippen LogP contribution in [0.2, 0.25) is 0 Å². The van der Waals surface area contributed by atoms with Gasteiger partial charge in [-0.25, -0.2) is 4.99 Å². The first-order valence-corrected chi connectivity index (χ1v) is 12.1. The molecule has 3 aromatic carbocycles. The van der Waals surface area contributed by atoms with Crippen LogP contribution < -0.4 is 5.32 Å². The zero-order valence-corrected chi connectivity index (χ0v) is 19.2. The lowest BCUT2D eigenvalue weighted by Gasteiger charge is -2.15. The predicted octanol–water partition coefficient (Wildman–Crippen LogP) is 6.47. The molecule has 2 heterocycles. The predicted molar refractivity (Wildman–Crippen MR) is 135 cm³/mol. The van der Waals surface area contributed by atoms with Gasteiger partial charge in [-0.3, -0.25) is 4.99 Å². The molecule has 0 fully saturated rings. The van der Waals surface area contributed by atoms with Crippen molar-refractivity contribution in [2.45, 2.75) is 25.9 Å². The average Bonchev–Trinajstić information content (AvgIpc) is 3.51. The largest absolute Gasteiger partial charge is 0.475 e. The van der Waals surface area contributed by atoms with Gasteiger partial charge in [-0.05, 0) is 29.7 Å². The molecule has 32 heavy (non-hydrogen) atoms. The fraction of sp³-hybridized carbons (Fsp3) is 0.259. The van der Waals surface area contributed by atoms with E-state index in [9.17, 15) is 0 Å². The molecule has 162 valence electrons. The minimum atomic E-state index is 0.200. The van der Waals surface area contributed by atoms with E-state index in [4.69, 9.17) is 14.7 Å². The lowest BCUT2D eigenvalue weighted by molar-refractivity contribution is 0.292. The Morgan fingerprint density at radius 1 is 0.844 bits per heavy atom. The lowest BCUT2D eigenvalue weighted by Crippen LogP contribution is -2.13. The van der Waals surface area contributed by atoms with Crippen LogP contribution in [0.4, 0.5) is 11.4 Å². The summed E-state index contributed by atoms with van der Waals surface area (Å²) in [6.07, 6.45) is 0. The van der Waals surface area contributed by atoms with E-state index in [2.05, 4.69) is 85.9 Å². The molecule has 0 amide bonds. The smallest absolute Gasteiger partial charge is 0.218 e. The molecule has 0 spiro atoms. The third kappa shape index (κ3) is 4.30. The van der Waals surface area contributed by atoms with Crippen LogP contribution in [0.3, 0.4) is 0 Å². The molecular weight excluding hydrogens is 414 g/mol. The summed E-state index contributed by atoms with van der Waals surface area (Å²) < 4.78 is 5.97. The highest BCUT2D eigenvalue weighted by Crippen LogP contribution is 2.36. The Morgan fingerprint density at radius 3 is 2.22 bits per heavy atom. The summed E-state index contributed by atoms with van der Waals surface area (Å²) in [5.74, 6) is 2.15. The van der Waals surface area contributed by atoms with Crippen molar-refractivity contribution in [3.8, 4) is 0 Å². The van der Waals surface area contributed by atoms with Crippen molar-refractivity contribution in [1.82, 2.24) is 0 Å². The van der Waals surface area contributed by atoms with E-state index in [0.717, 1.165) is 39.2 Å². The van der Waals surface area contributed by atoms with Crippen LogP contribution in [-0.4, -0.2) is 29.3 Å². The molecule has 2 aliphatic rings. The van der Waals surface area contributed by atoms with Crippen LogP contribution in [0.1, 0.15) is 36.6 Å². The summed E-state index contributed by atoms with van der Waals surface area (Å²) >= 11 is 1.82. The number of aliphatic imine (C=N–C) groups is 2. The maximum Gasteiger partial charge on any atom is 0.218 e. The van der Waals surface area contributed by atoms with Crippen LogP contribution in [-0.2, 0) is 4.74 Å². The molecule has 1 N–H and O–H groups in total. The first-order chi connectivity index (χ1) is 15.7. The molecule has 5 heteroatoms. The van der Waals surface area contributed by atoms with E-state index < -0.39 is 0 Å². The molecule has 0 bridgehead atoms. The quantitative estimate of drug-likeness (QED) is 0.477. The molecule has 3 aromatic rings. The molecule has 5 rings (SSSR count). The van der Waals surface area contributed by atoms with Crippen molar-refractivity contribution >= 4 is 34.1 Å². The standard InChI is InChI=1S/C27H27N3OS/c1-18(2)24-16-31-26(29-24)20-12-6-8-14-22(20)28-23-15-9-7-13-21(23)27-30-25(17-32-27)19-10-4-3-5-11-19/h3-15,18,24-25,28H,16-17H2,1-2H3/t24-,25-/m1/s1. The van der Waals surface area contributed by atoms with E-state index in [-0.39, 0.29) is 12.1 Å². The highest BCUT2D eigenvalue weighted by molar-refractivity contribution is 8.14. The van der Waals surface area contributed by atoms with E-state index in [1.54, 1.807) is 0 Å². The Morgan fingerprint density at radius 2 is 1.50 bits per heavy atom. The summed E-state index contributed by atoms with van der Waals surface area (Å²) in [6, 6.07) is 27.5. The van der Waals surface area contributed by atoms with Crippen LogP contribution in [0.5, 0.6) is 0 Å². The fourth-order valence-corrected chi connectivity index (χ4v) is 5.07. The molecule has 0 aliphatic carbocycles. The van der Waals surface area contributed by atoms with Crippen molar-refractivity contribution in [2.75, 3.05) is 17.7 Å². The van der Waals surface area contributed by atoms with Crippen molar-refractivity contribution < 1.29 is 4.74 Å². The monoisotopic (exact) mass is 441 g/mol. The summed E-state index contributed by atoms with van der Waals surface area (Å²) in [6.45, 7) is 5.01. The number of anilines is 2. The normalized spacial score (nSPS) is 20.1. The molecule has 4 nitrogen and oxygen atoms in total. The van der Waals surface area contributed by atoms with Crippen molar-refractivity contribution in [3.05, 3.63) is 95.6 Å². The van der Waals surface area contributed by atoms with Gasteiger partial charge in [0.25, 0.3) is 0 Å². The Balaban J connectivity index is 1.44. The Bertz CT molecular complexity index is 1160. The molecule has 0 aromatic heterocycles. The van der Waals surface area contributed by atoms with Gasteiger partial charge < -0.3 is 10.1 Å². The number of ether oxygens (including phenoxy) is 1. The molecule has 0 saturated carbocycles. The first-order valence-electron chi connectivity index (χ1n) is 11.1. The van der Waals surface area contributed by atoms with Gasteiger partial charge in [-0.1, -0.05) is 74.5 Å². The number of hydrogen-bond donors (Lipinski definition) is 1. The van der Waals surface area contributed by atoms with E-state index >= 15 is 0 Å². The second-order valence-corrected chi connectivity index (χ2v) is 9.45. The number of hydrogen-bond acceptors (Lipinski definition) is 5. The van der Waals surface area contributed by atoms with Crippen molar-refractivity contribution in [2.24, 2.45) is 15.9 Å². The Kier molecular flexibility index (Phi) is 5.99. The number of benzene rings is 3. The van der Waals surface area contributed by atoms with Gasteiger partial charge >= 0.3 is 0 Å². The molecule has 0 unspecified atom stereocenters. The summed E-state index contributed by atoms with van der Waals surface area (Å²) in [7, 11) is 0. The zero-order chi connectivity index (χ0) is 21.9. The van der Waals surface area contributed by atoms with Crippen LogP contribution >= 0.6 is 11.8 Å². The summed E-state index contributed by atoms with van der Waals surface area (Å²) in [4.78, 5) is 9.88. The second kappa shape index (κ2) is 9.21. The minimum Gasteiger partial charge on any atom is -0.475 e. The van der Waals surface area contributed by atoms with Gasteiger partial charge in [0, 0.05) is 17.0 Å². The van der Waals surface area contributed by atoms with E-state index in [0.29, 0.717) is 12.5 Å². The third-order valence-electron chi connectivity index (χ3n) is 5.86. The SMILES string of the molecule is CC(C)[C@H]1COC(c2ccccc2Nc2ccccc2C2=N[C@@H](c3ccccc3)CS2)=N1. The van der Waals surface area contributed by atoms with Crippen molar-refractivity contribution in [3.63, 3.8) is 0 Å². The number of nitrogens with zero attached hydrogens (tertiary/aromatic N) is 2. The van der Waals surface area contributed by atoms with Gasteiger partial charge in [0.1, 0.15) is 11.7 Å². The van der Waals surface area contributed by atoms with Gasteiger partial charge in [0.2, 0.25) is 5.90 Å². The van der Waals surface area contributed by atoms with Crippen LogP contribution in [0.25, 0.3) is 0 Å². The number of nitrogens with one attached hydrogen (secondary N) is 1. The molecule has 2 atom stereocenters. The lowest BCUT2D eigenvalue weighted by atomic mass is 10.1. The summed E-state index contributed by atoms with van der Waals surface area (Å²) in [5.41, 5.74) is 5.42. The van der Waals surface area contributed by atoms with Gasteiger partial charge in [-0.15, -0.1) is 11.8 Å². The average molecular weight is 442 g/mol. The van der Waals surface area contributed by atoms with Gasteiger partial charge in [0.05, 0.1) is 23.3 Å². The molecule has 0 saturated heterocycles. The minimum absolute atomic E-state index is 0.200. The fourth-order valence-electron chi connectivity index (χ4n) is 3.95. The highest BCUT2D eigenvalue weighted by atomic mass is 32.2. The molecular formula is C27H27N3OS. The third-order valence-corrected chi connectivity index (χ3v) is 6.94. The van der Waals surface area contributed by atoms with Crippen molar-refractivity contribution in [1.29, 1.82) is 0 Å². The van der Waals surface area contributed by atoms with E-state index in [1.807, 2.05) is 23.9 Å². The first kappa shape index (κ1) is 20.8. The second-order valence-electron chi connectivity index (χ2n) is 8.44. The van der Waals surface area contributed by atoms with Gasteiger partial charge in [0.15, 0.2) is 0 Å². The molecule has 2 aliphatic heterocycles. The zero-order valence-electron chi connectivity index (χ0n) is 18.4. The number of para-hydroxylation sites is 2.